The Kier molecular flexibility index (Phi) is 2.54. The molecule has 1 spiro atoms. The van der Waals surface area contributed by atoms with Gasteiger partial charge in [0.2, 0.25) is 0 Å². The molecule has 0 amide bonds. The number of fused-ring (bicyclic) bond motifs is 3. The second-order valence-corrected chi connectivity index (χ2v) is 5.99. The van der Waals surface area contributed by atoms with Crippen LogP contribution >= 0.6 is 0 Å². The quantitative estimate of drug-likeness (QED) is 0.775. The molecule has 2 bridgehead atoms. The van der Waals surface area contributed by atoms with Gasteiger partial charge < -0.3 is 15.2 Å². The molecule has 0 radical (unpaired) electrons. The van der Waals surface area contributed by atoms with Crippen LogP contribution in [-0.2, 0) is 9.47 Å². The summed E-state index contributed by atoms with van der Waals surface area (Å²) in [6.45, 7) is 0. The first-order valence-corrected chi connectivity index (χ1v) is 6.52. The molecule has 0 saturated heterocycles. The second-order valence-electron chi connectivity index (χ2n) is 5.99. The summed E-state index contributed by atoms with van der Waals surface area (Å²) < 4.78 is 11.2. The van der Waals surface area contributed by atoms with E-state index < -0.39 is 0 Å². The Bertz CT molecular complexity index is 265. The molecule has 3 rings (SSSR count). The van der Waals surface area contributed by atoms with E-state index in [1.165, 1.54) is 19.3 Å². The smallest absolute Gasteiger partial charge is 0.0838 e. The van der Waals surface area contributed by atoms with Gasteiger partial charge in [-0.2, -0.15) is 0 Å². The van der Waals surface area contributed by atoms with Crippen molar-refractivity contribution >= 4 is 0 Å². The van der Waals surface area contributed by atoms with E-state index in [4.69, 9.17) is 15.2 Å². The third-order valence-corrected chi connectivity index (χ3v) is 5.64. The van der Waals surface area contributed by atoms with Gasteiger partial charge in [-0.25, -0.2) is 0 Å². The lowest BCUT2D eigenvalue weighted by Crippen LogP contribution is -2.45. The Morgan fingerprint density at radius 2 is 1.69 bits per heavy atom. The van der Waals surface area contributed by atoms with Gasteiger partial charge in [0, 0.05) is 20.3 Å². The second kappa shape index (κ2) is 3.69. The van der Waals surface area contributed by atoms with Gasteiger partial charge in [-0.3, -0.25) is 0 Å². The molecule has 3 heteroatoms. The van der Waals surface area contributed by atoms with Crippen LogP contribution in [0, 0.1) is 17.3 Å². The molecule has 0 heterocycles. The van der Waals surface area contributed by atoms with Gasteiger partial charge in [0.05, 0.1) is 12.2 Å². The predicted molar refractivity (Wildman–Crippen MR) is 62.1 cm³/mol. The molecule has 92 valence electrons. The van der Waals surface area contributed by atoms with Gasteiger partial charge in [-0.15, -0.1) is 0 Å². The van der Waals surface area contributed by atoms with Gasteiger partial charge in [0.15, 0.2) is 0 Å². The normalized spacial score (nSPS) is 55.3. The van der Waals surface area contributed by atoms with E-state index in [0.29, 0.717) is 11.5 Å². The van der Waals surface area contributed by atoms with Gasteiger partial charge in [-0.1, -0.05) is 0 Å². The fourth-order valence-electron chi connectivity index (χ4n) is 4.78. The van der Waals surface area contributed by atoms with Crippen molar-refractivity contribution in [3.8, 4) is 0 Å². The van der Waals surface area contributed by atoms with Gasteiger partial charge >= 0.3 is 0 Å². The lowest BCUT2D eigenvalue weighted by molar-refractivity contribution is -0.0157. The summed E-state index contributed by atoms with van der Waals surface area (Å²) in [7, 11) is 3.60. The van der Waals surface area contributed by atoms with Gasteiger partial charge in [0.1, 0.15) is 0 Å². The summed E-state index contributed by atoms with van der Waals surface area (Å²) in [4.78, 5) is 0. The highest BCUT2D eigenvalue weighted by Crippen LogP contribution is 2.62. The van der Waals surface area contributed by atoms with Crippen molar-refractivity contribution in [2.45, 2.75) is 50.4 Å². The monoisotopic (exact) mass is 225 g/mol. The average molecular weight is 225 g/mol. The minimum atomic E-state index is 0.260. The Morgan fingerprint density at radius 3 is 2.12 bits per heavy atom. The highest BCUT2D eigenvalue weighted by Gasteiger charge is 2.61. The Labute approximate surface area is 97.7 Å². The topological polar surface area (TPSA) is 44.5 Å². The number of hydrogen-bond acceptors (Lipinski definition) is 3. The van der Waals surface area contributed by atoms with Crippen LogP contribution in [0.4, 0.5) is 0 Å². The molecule has 6 atom stereocenters. The van der Waals surface area contributed by atoms with E-state index in [0.717, 1.165) is 24.7 Å². The summed E-state index contributed by atoms with van der Waals surface area (Å²) in [5.74, 6) is 1.61. The maximum atomic E-state index is 6.48. The van der Waals surface area contributed by atoms with Crippen molar-refractivity contribution in [3.63, 3.8) is 0 Å². The Morgan fingerprint density at radius 1 is 1.06 bits per heavy atom. The number of nitrogens with two attached hydrogens (primary N) is 1. The average Bonchev–Trinajstić information content (AvgIpc) is 2.97. The van der Waals surface area contributed by atoms with Gasteiger partial charge in [-0.05, 0) is 49.4 Å². The first kappa shape index (κ1) is 11.0. The van der Waals surface area contributed by atoms with Crippen LogP contribution in [0.15, 0.2) is 0 Å². The van der Waals surface area contributed by atoms with Crippen molar-refractivity contribution in [1.29, 1.82) is 0 Å². The molecule has 3 nitrogen and oxygen atoms in total. The van der Waals surface area contributed by atoms with Crippen LogP contribution in [0.2, 0.25) is 0 Å². The fraction of sp³-hybridized carbons (Fsp3) is 1.00. The number of ether oxygens (including phenoxy) is 2. The largest absolute Gasteiger partial charge is 0.379 e. The minimum Gasteiger partial charge on any atom is -0.379 e. The van der Waals surface area contributed by atoms with Crippen molar-refractivity contribution in [2.75, 3.05) is 14.2 Å². The van der Waals surface area contributed by atoms with Crippen LogP contribution in [0.1, 0.15) is 32.1 Å². The summed E-state index contributed by atoms with van der Waals surface area (Å²) in [6.07, 6.45) is 6.84. The van der Waals surface area contributed by atoms with Crippen molar-refractivity contribution < 1.29 is 9.47 Å². The molecule has 3 aliphatic rings. The molecule has 0 aliphatic heterocycles. The molecule has 0 aromatic carbocycles. The molecule has 0 aromatic rings. The molecule has 3 aliphatic carbocycles. The summed E-state index contributed by atoms with van der Waals surface area (Å²) in [5, 5.41) is 0. The van der Waals surface area contributed by atoms with E-state index in [2.05, 4.69) is 0 Å². The van der Waals surface area contributed by atoms with Crippen LogP contribution in [0.3, 0.4) is 0 Å². The Balaban J connectivity index is 1.85. The maximum Gasteiger partial charge on any atom is 0.0838 e. The third-order valence-electron chi connectivity index (χ3n) is 5.64. The highest BCUT2D eigenvalue weighted by atomic mass is 16.5. The molecule has 3 fully saturated rings. The van der Waals surface area contributed by atoms with Gasteiger partial charge in [0.25, 0.3) is 0 Å². The molecular formula is C13H23NO2. The zero-order valence-electron chi connectivity index (χ0n) is 10.3. The van der Waals surface area contributed by atoms with Crippen LogP contribution in [0.25, 0.3) is 0 Å². The summed E-state index contributed by atoms with van der Waals surface area (Å²) in [5.41, 5.74) is 6.82. The molecule has 16 heavy (non-hydrogen) atoms. The lowest BCUT2D eigenvalue weighted by atomic mass is 9.69. The van der Waals surface area contributed by atoms with Crippen LogP contribution in [0.5, 0.6) is 0 Å². The highest BCUT2D eigenvalue weighted by molar-refractivity contribution is 5.13. The van der Waals surface area contributed by atoms with E-state index in [-0.39, 0.29) is 12.2 Å². The summed E-state index contributed by atoms with van der Waals surface area (Å²) >= 11 is 0. The zero-order chi connectivity index (χ0) is 11.3. The summed E-state index contributed by atoms with van der Waals surface area (Å²) in [6, 6.07) is 0.393. The van der Waals surface area contributed by atoms with Crippen LogP contribution < -0.4 is 5.73 Å². The number of hydrogen-bond donors (Lipinski definition) is 1. The number of rotatable bonds is 2. The molecule has 0 aromatic heterocycles. The lowest BCUT2D eigenvalue weighted by Gasteiger charge is -2.39. The van der Waals surface area contributed by atoms with Crippen molar-refractivity contribution in [3.05, 3.63) is 0 Å². The molecule has 5 unspecified atom stereocenters. The SMILES string of the molecule is COC1CC2(C[C@@H]1OC)C1CCC(C1)C2N. The maximum absolute atomic E-state index is 6.48. The predicted octanol–water partition coefficient (Wildman–Crippen LogP) is 1.55. The van der Waals surface area contributed by atoms with Crippen molar-refractivity contribution in [2.24, 2.45) is 23.0 Å². The zero-order valence-corrected chi connectivity index (χ0v) is 10.3. The molecule has 2 N–H and O–H groups in total. The first-order chi connectivity index (χ1) is 7.71. The molecule has 3 saturated carbocycles. The minimum absolute atomic E-state index is 0.260. The molecular weight excluding hydrogens is 202 g/mol. The van der Waals surface area contributed by atoms with E-state index in [1.54, 1.807) is 14.2 Å². The van der Waals surface area contributed by atoms with E-state index in [9.17, 15) is 0 Å². The van der Waals surface area contributed by atoms with Crippen LogP contribution in [-0.4, -0.2) is 32.5 Å². The number of methoxy groups -OCH3 is 2. The van der Waals surface area contributed by atoms with E-state index in [1.807, 2.05) is 0 Å². The Hall–Kier alpha value is -0.120. The fourth-order valence-corrected chi connectivity index (χ4v) is 4.78. The first-order valence-electron chi connectivity index (χ1n) is 6.52. The van der Waals surface area contributed by atoms with Crippen molar-refractivity contribution in [1.82, 2.24) is 0 Å². The standard InChI is InChI=1S/C13H23NO2/c1-15-10-6-13(7-11(10)16-2)9-4-3-8(5-9)12(13)14/h8-12H,3-7,14H2,1-2H3/t8?,9?,10-,11?,12?,13?/m0/s1. The third kappa shape index (κ3) is 1.25. The van der Waals surface area contributed by atoms with E-state index >= 15 is 0 Å².